The van der Waals surface area contributed by atoms with E-state index in [0.717, 1.165) is 29.8 Å². The van der Waals surface area contributed by atoms with E-state index in [1.807, 2.05) is 31.2 Å². The second-order valence-corrected chi connectivity index (χ2v) is 6.17. The Morgan fingerprint density at radius 1 is 1.22 bits per heavy atom. The fourth-order valence-electron chi connectivity index (χ4n) is 3.12. The van der Waals surface area contributed by atoms with Gasteiger partial charge in [0.2, 0.25) is 5.91 Å². The summed E-state index contributed by atoms with van der Waals surface area (Å²) in [4.78, 5) is 12.6. The number of anilines is 1. The molecule has 1 N–H and O–H groups in total. The Kier molecular flexibility index (Phi) is 4.37. The zero-order chi connectivity index (χ0) is 16.4. The summed E-state index contributed by atoms with van der Waals surface area (Å²) in [7, 11) is 1.66. The molecule has 0 aliphatic heterocycles. The van der Waals surface area contributed by atoms with Crippen LogP contribution >= 0.6 is 0 Å². The van der Waals surface area contributed by atoms with Crippen LogP contribution in [0.2, 0.25) is 0 Å². The van der Waals surface area contributed by atoms with E-state index in [1.165, 1.54) is 11.1 Å². The first-order valence-corrected chi connectivity index (χ1v) is 8.17. The van der Waals surface area contributed by atoms with Crippen LogP contribution in [0.1, 0.15) is 36.0 Å². The van der Waals surface area contributed by atoms with E-state index in [4.69, 9.17) is 4.74 Å². The Morgan fingerprint density at radius 3 is 2.61 bits per heavy atom. The van der Waals surface area contributed by atoms with Gasteiger partial charge in [-0.25, -0.2) is 0 Å². The van der Waals surface area contributed by atoms with Crippen molar-refractivity contribution in [2.75, 3.05) is 12.4 Å². The highest BCUT2D eigenvalue weighted by Gasteiger charge is 2.44. The lowest BCUT2D eigenvalue weighted by Gasteiger charge is -2.13. The van der Waals surface area contributed by atoms with E-state index in [-0.39, 0.29) is 11.8 Å². The normalized spacial score (nSPS) is 19.3. The molecule has 2 aromatic rings. The van der Waals surface area contributed by atoms with Gasteiger partial charge < -0.3 is 10.1 Å². The molecule has 3 heteroatoms. The molecule has 1 saturated carbocycles. The van der Waals surface area contributed by atoms with Crippen LogP contribution < -0.4 is 10.1 Å². The highest BCUT2D eigenvalue weighted by Crippen LogP contribution is 2.48. The molecule has 120 valence electrons. The number of carbonyl (C=O) groups is 1. The molecule has 1 fully saturated rings. The van der Waals surface area contributed by atoms with Crippen LogP contribution in [0.25, 0.3) is 0 Å². The van der Waals surface area contributed by atoms with E-state index >= 15 is 0 Å². The summed E-state index contributed by atoms with van der Waals surface area (Å²) >= 11 is 0. The Hall–Kier alpha value is -2.29. The predicted molar refractivity (Wildman–Crippen MR) is 93.0 cm³/mol. The van der Waals surface area contributed by atoms with Crippen LogP contribution in [0.4, 0.5) is 5.69 Å². The van der Waals surface area contributed by atoms with Gasteiger partial charge in [-0.1, -0.05) is 37.3 Å². The van der Waals surface area contributed by atoms with Crippen molar-refractivity contribution >= 4 is 11.6 Å². The molecule has 1 aliphatic rings. The first-order chi connectivity index (χ1) is 11.1. The summed E-state index contributed by atoms with van der Waals surface area (Å²) in [6.07, 6.45) is 1.84. The number of aryl methyl sites for hydroxylation is 2. The van der Waals surface area contributed by atoms with Gasteiger partial charge in [-0.2, -0.15) is 0 Å². The number of nitrogens with one attached hydrogen (secondary N) is 1. The van der Waals surface area contributed by atoms with Gasteiger partial charge in [0, 0.05) is 11.6 Å². The fourth-order valence-corrected chi connectivity index (χ4v) is 3.12. The minimum Gasteiger partial charge on any atom is -0.497 e. The molecule has 2 unspecified atom stereocenters. The number of ether oxygens (including phenoxy) is 1. The number of rotatable bonds is 5. The van der Waals surface area contributed by atoms with Crippen molar-refractivity contribution in [3.05, 3.63) is 59.2 Å². The van der Waals surface area contributed by atoms with Gasteiger partial charge in [-0.15, -0.1) is 0 Å². The highest BCUT2D eigenvalue weighted by atomic mass is 16.5. The smallest absolute Gasteiger partial charge is 0.228 e. The van der Waals surface area contributed by atoms with Gasteiger partial charge in [-0.3, -0.25) is 4.79 Å². The third-order valence-corrected chi connectivity index (χ3v) is 4.66. The monoisotopic (exact) mass is 309 g/mol. The average Bonchev–Trinajstić information content (AvgIpc) is 3.37. The van der Waals surface area contributed by atoms with Gasteiger partial charge in [0.05, 0.1) is 7.11 Å². The lowest BCUT2D eigenvalue weighted by atomic mass is 10.1. The van der Waals surface area contributed by atoms with E-state index < -0.39 is 0 Å². The topological polar surface area (TPSA) is 38.3 Å². The molecule has 2 atom stereocenters. The largest absolute Gasteiger partial charge is 0.497 e. The zero-order valence-electron chi connectivity index (χ0n) is 13.9. The molecule has 0 aromatic heterocycles. The lowest BCUT2D eigenvalue weighted by Crippen LogP contribution is -2.16. The molecule has 23 heavy (non-hydrogen) atoms. The third kappa shape index (κ3) is 3.24. The van der Waals surface area contributed by atoms with E-state index in [2.05, 4.69) is 30.4 Å². The van der Waals surface area contributed by atoms with Gasteiger partial charge in [0.1, 0.15) is 5.75 Å². The zero-order valence-corrected chi connectivity index (χ0v) is 13.9. The van der Waals surface area contributed by atoms with Crippen molar-refractivity contribution in [2.45, 2.75) is 32.6 Å². The maximum Gasteiger partial charge on any atom is 0.228 e. The van der Waals surface area contributed by atoms with Crippen LogP contribution in [0, 0.1) is 12.8 Å². The number of amides is 1. The molecule has 2 aromatic carbocycles. The first kappa shape index (κ1) is 15.6. The molecular formula is C20H23NO2. The van der Waals surface area contributed by atoms with Crippen LogP contribution in [-0.4, -0.2) is 13.0 Å². The predicted octanol–water partition coefficient (Wildman–Crippen LogP) is 4.31. The van der Waals surface area contributed by atoms with Crippen molar-refractivity contribution in [2.24, 2.45) is 5.92 Å². The number of para-hydroxylation sites is 1. The maximum absolute atomic E-state index is 12.6. The van der Waals surface area contributed by atoms with Crippen molar-refractivity contribution in [3.8, 4) is 5.75 Å². The summed E-state index contributed by atoms with van der Waals surface area (Å²) in [6.45, 7) is 4.16. The number of carbonyl (C=O) groups excluding carboxylic acids is 1. The molecule has 3 rings (SSSR count). The molecule has 1 aliphatic carbocycles. The first-order valence-electron chi connectivity index (χ1n) is 8.17. The number of benzene rings is 2. The standard InChI is InChI=1S/C20H23NO2/c1-4-14-7-5-6-13(2)19(14)21-20(22)18-12-17(18)15-8-10-16(23-3)11-9-15/h5-11,17-18H,4,12H2,1-3H3,(H,21,22). The van der Waals surface area contributed by atoms with Crippen molar-refractivity contribution < 1.29 is 9.53 Å². The van der Waals surface area contributed by atoms with Crippen LogP contribution in [0.3, 0.4) is 0 Å². The Bertz CT molecular complexity index is 706. The summed E-state index contributed by atoms with van der Waals surface area (Å²) in [6, 6.07) is 14.2. The van der Waals surface area contributed by atoms with Gasteiger partial charge in [0.15, 0.2) is 0 Å². The Balaban J connectivity index is 1.69. The summed E-state index contributed by atoms with van der Waals surface area (Å²) in [5.41, 5.74) is 4.52. The quantitative estimate of drug-likeness (QED) is 0.894. The average molecular weight is 309 g/mol. The van der Waals surface area contributed by atoms with E-state index in [0.29, 0.717) is 5.92 Å². The molecule has 0 saturated heterocycles. The molecule has 0 spiro atoms. The van der Waals surface area contributed by atoms with Crippen molar-refractivity contribution in [1.29, 1.82) is 0 Å². The SMILES string of the molecule is CCc1cccc(C)c1NC(=O)C1CC1c1ccc(OC)cc1. The van der Waals surface area contributed by atoms with Gasteiger partial charge in [0.25, 0.3) is 0 Å². The third-order valence-electron chi connectivity index (χ3n) is 4.66. The van der Waals surface area contributed by atoms with Crippen molar-refractivity contribution in [1.82, 2.24) is 0 Å². The van der Waals surface area contributed by atoms with Gasteiger partial charge in [-0.05, 0) is 54.5 Å². The lowest BCUT2D eigenvalue weighted by molar-refractivity contribution is -0.117. The van der Waals surface area contributed by atoms with E-state index in [9.17, 15) is 4.79 Å². The van der Waals surface area contributed by atoms with Crippen LogP contribution in [-0.2, 0) is 11.2 Å². The molecule has 3 nitrogen and oxygen atoms in total. The number of hydrogen-bond acceptors (Lipinski definition) is 2. The second kappa shape index (κ2) is 6.45. The summed E-state index contributed by atoms with van der Waals surface area (Å²) in [5, 5.41) is 3.15. The highest BCUT2D eigenvalue weighted by molar-refractivity contribution is 5.96. The van der Waals surface area contributed by atoms with Gasteiger partial charge >= 0.3 is 0 Å². The maximum atomic E-state index is 12.6. The number of methoxy groups -OCH3 is 1. The fraction of sp³-hybridized carbons (Fsp3) is 0.350. The Morgan fingerprint density at radius 2 is 1.96 bits per heavy atom. The van der Waals surface area contributed by atoms with Crippen LogP contribution in [0.15, 0.2) is 42.5 Å². The van der Waals surface area contributed by atoms with Crippen molar-refractivity contribution in [3.63, 3.8) is 0 Å². The van der Waals surface area contributed by atoms with E-state index in [1.54, 1.807) is 7.11 Å². The second-order valence-electron chi connectivity index (χ2n) is 6.17. The molecule has 0 heterocycles. The molecular weight excluding hydrogens is 286 g/mol. The summed E-state index contributed by atoms with van der Waals surface area (Å²) in [5.74, 6) is 1.39. The molecule has 1 amide bonds. The molecule has 0 bridgehead atoms. The van der Waals surface area contributed by atoms with Crippen LogP contribution in [0.5, 0.6) is 5.75 Å². The Labute approximate surface area is 137 Å². The number of hydrogen-bond donors (Lipinski definition) is 1. The minimum atomic E-state index is 0.0766. The summed E-state index contributed by atoms with van der Waals surface area (Å²) < 4.78 is 5.18. The molecule has 0 radical (unpaired) electrons. The minimum absolute atomic E-state index is 0.0766.